The van der Waals surface area contributed by atoms with Gasteiger partial charge in [0, 0.05) is 10.9 Å². The number of fused-ring (bicyclic) bond motifs is 2. The van der Waals surface area contributed by atoms with E-state index in [9.17, 15) is 4.79 Å². The lowest BCUT2D eigenvalue weighted by atomic mass is 9.84. The first kappa shape index (κ1) is 18.0. The van der Waals surface area contributed by atoms with Crippen LogP contribution in [0.3, 0.4) is 0 Å². The normalized spacial score (nSPS) is 26.8. The molecule has 0 saturated heterocycles. The number of thioether (sulfide) groups is 1. The summed E-state index contributed by atoms with van der Waals surface area (Å²) in [7, 11) is 0. The van der Waals surface area contributed by atoms with E-state index in [0.717, 1.165) is 11.8 Å². The molecular weight excluding hydrogens is 366 g/mol. The Morgan fingerprint density at radius 3 is 3.00 bits per heavy atom. The Labute approximate surface area is 162 Å². The fourth-order valence-electron chi connectivity index (χ4n) is 4.50. The molecule has 2 aromatic heterocycles. The lowest BCUT2D eigenvalue weighted by Crippen LogP contribution is -2.43. The van der Waals surface area contributed by atoms with Crippen molar-refractivity contribution in [3.8, 4) is 0 Å². The first-order chi connectivity index (χ1) is 12.6. The van der Waals surface area contributed by atoms with Crippen LogP contribution in [0.5, 0.6) is 0 Å². The lowest BCUT2D eigenvalue weighted by Gasteiger charge is -2.29. The second kappa shape index (κ2) is 7.68. The molecule has 0 spiro atoms. The number of thiophene rings is 1. The van der Waals surface area contributed by atoms with Gasteiger partial charge in [-0.05, 0) is 72.7 Å². The summed E-state index contributed by atoms with van der Waals surface area (Å²) in [6.45, 7) is 4.74. The first-order valence-electron chi connectivity index (χ1n) is 9.35. The average molecular weight is 392 g/mol. The van der Waals surface area contributed by atoms with Crippen LogP contribution in [0, 0.1) is 17.8 Å². The maximum atomic E-state index is 12.7. The van der Waals surface area contributed by atoms with Crippen molar-refractivity contribution in [1.29, 1.82) is 0 Å². The Kier molecular flexibility index (Phi) is 5.31. The van der Waals surface area contributed by atoms with E-state index in [1.54, 1.807) is 16.0 Å². The number of aromatic nitrogens is 4. The number of rotatable bonds is 7. The molecule has 2 aliphatic carbocycles. The van der Waals surface area contributed by atoms with Gasteiger partial charge in [0.2, 0.25) is 11.1 Å². The highest BCUT2D eigenvalue weighted by atomic mass is 32.2. The smallest absolute Gasteiger partial charge is 0.233 e. The minimum Gasteiger partial charge on any atom is -0.352 e. The number of carbonyl (C=O) groups excluding carboxylic acids is 1. The molecule has 1 N–H and O–H groups in total. The fourth-order valence-corrected chi connectivity index (χ4v) is 5.98. The largest absolute Gasteiger partial charge is 0.352 e. The van der Waals surface area contributed by atoms with Crippen LogP contribution in [0.2, 0.25) is 0 Å². The van der Waals surface area contributed by atoms with E-state index in [-0.39, 0.29) is 17.2 Å². The van der Waals surface area contributed by atoms with Crippen molar-refractivity contribution in [2.45, 2.75) is 62.5 Å². The molecule has 6 nitrogen and oxygen atoms in total. The molecule has 2 aliphatic rings. The second-order valence-electron chi connectivity index (χ2n) is 7.59. The van der Waals surface area contributed by atoms with Gasteiger partial charge < -0.3 is 5.32 Å². The third kappa shape index (κ3) is 3.81. The number of hydrogen-bond acceptors (Lipinski definition) is 6. The number of nitrogens with one attached hydrogen (secondary N) is 1. The topological polar surface area (TPSA) is 72.7 Å². The standard InChI is InChI=1S/C18H25N5OS2/c1-11(16-9-13-5-6-14(16)8-13)19-17(24)12(2)26-18-20-21-22-23(18)10-15-4-3-7-25-15/h3-4,7,11-14,16H,5-6,8-10H2,1-2H3,(H,19,24). The van der Waals surface area contributed by atoms with Gasteiger partial charge in [-0.15, -0.1) is 16.4 Å². The molecular formula is C18H25N5OS2. The molecule has 26 heavy (non-hydrogen) atoms. The fraction of sp³-hybridized carbons (Fsp3) is 0.667. The lowest BCUT2D eigenvalue weighted by molar-refractivity contribution is -0.121. The van der Waals surface area contributed by atoms with Crippen LogP contribution in [0.25, 0.3) is 0 Å². The summed E-state index contributed by atoms with van der Waals surface area (Å²) >= 11 is 3.10. The van der Waals surface area contributed by atoms with Crippen LogP contribution < -0.4 is 5.32 Å². The summed E-state index contributed by atoms with van der Waals surface area (Å²) in [5, 5.41) is 17.7. The molecule has 0 aromatic carbocycles. The molecule has 2 bridgehead atoms. The Hall–Kier alpha value is -1.41. The monoisotopic (exact) mass is 391 g/mol. The molecule has 140 valence electrons. The van der Waals surface area contributed by atoms with Crippen molar-refractivity contribution in [2.24, 2.45) is 17.8 Å². The van der Waals surface area contributed by atoms with Gasteiger partial charge in [-0.2, -0.15) is 0 Å². The minimum absolute atomic E-state index is 0.0796. The Morgan fingerprint density at radius 2 is 2.31 bits per heavy atom. The van der Waals surface area contributed by atoms with E-state index in [1.165, 1.54) is 42.3 Å². The van der Waals surface area contributed by atoms with Crippen molar-refractivity contribution < 1.29 is 4.79 Å². The summed E-state index contributed by atoms with van der Waals surface area (Å²) in [5.41, 5.74) is 0. The van der Waals surface area contributed by atoms with Gasteiger partial charge in [-0.3, -0.25) is 4.79 Å². The average Bonchev–Trinajstić information content (AvgIpc) is 3.41. The SMILES string of the molecule is CC(Sc1nnnn1Cc1cccs1)C(=O)NC(C)C1CC2CCC1C2. The van der Waals surface area contributed by atoms with Crippen LogP contribution in [0.4, 0.5) is 0 Å². The first-order valence-corrected chi connectivity index (χ1v) is 11.1. The maximum absolute atomic E-state index is 12.7. The summed E-state index contributed by atoms with van der Waals surface area (Å²) < 4.78 is 1.76. The van der Waals surface area contributed by atoms with Gasteiger partial charge in [0.25, 0.3) is 0 Å². The molecule has 2 fully saturated rings. The molecule has 8 heteroatoms. The van der Waals surface area contributed by atoms with Gasteiger partial charge in [0.1, 0.15) is 0 Å². The number of tetrazole rings is 1. The number of amides is 1. The zero-order valence-electron chi connectivity index (χ0n) is 15.2. The van der Waals surface area contributed by atoms with E-state index >= 15 is 0 Å². The third-order valence-electron chi connectivity index (χ3n) is 5.84. The predicted octanol–water partition coefficient (Wildman–Crippen LogP) is 3.20. The maximum Gasteiger partial charge on any atom is 0.233 e. The van der Waals surface area contributed by atoms with E-state index in [0.29, 0.717) is 17.6 Å². The van der Waals surface area contributed by atoms with Crippen LogP contribution in [-0.4, -0.2) is 37.4 Å². The Morgan fingerprint density at radius 1 is 1.42 bits per heavy atom. The van der Waals surface area contributed by atoms with Gasteiger partial charge in [-0.1, -0.05) is 24.2 Å². The molecule has 0 radical (unpaired) electrons. The van der Waals surface area contributed by atoms with Crippen molar-refractivity contribution in [3.63, 3.8) is 0 Å². The summed E-state index contributed by atoms with van der Waals surface area (Å²) in [4.78, 5) is 13.9. The summed E-state index contributed by atoms with van der Waals surface area (Å²) in [6, 6.07) is 4.33. The number of nitrogens with zero attached hydrogens (tertiary/aromatic N) is 4. The molecule has 5 unspecified atom stereocenters. The van der Waals surface area contributed by atoms with E-state index in [2.05, 4.69) is 33.8 Å². The highest BCUT2D eigenvalue weighted by Crippen LogP contribution is 2.49. The second-order valence-corrected chi connectivity index (χ2v) is 9.93. The van der Waals surface area contributed by atoms with E-state index in [1.807, 2.05) is 18.4 Å². The van der Waals surface area contributed by atoms with E-state index in [4.69, 9.17) is 0 Å². The molecule has 1 amide bonds. The zero-order chi connectivity index (χ0) is 18.1. The zero-order valence-corrected chi connectivity index (χ0v) is 16.8. The van der Waals surface area contributed by atoms with Gasteiger partial charge in [0.05, 0.1) is 11.8 Å². The van der Waals surface area contributed by atoms with Crippen molar-refractivity contribution in [2.75, 3.05) is 0 Å². The summed E-state index contributed by atoms with van der Waals surface area (Å²) in [5.74, 6) is 2.45. The molecule has 2 aromatic rings. The highest BCUT2D eigenvalue weighted by Gasteiger charge is 2.42. The van der Waals surface area contributed by atoms with Crippen molar-refractivity contribution >= 4 is 29.0 Å². The highest BCUT2D eigenvalue weighted by molar-refractivity contribution is 8.00. The molecule has 0 aliphatic heterocycles. The quantitative estimate of drug-likeness (QED) is 0.734. The summed E-state index contributed by atoms with van der Waals surface area (Å²) in [6.07, 6.45) is 5.39. The molecule has 2 heterocycles. The molecule has 2 saturated carbocycles. The third-order valence-corrected chi connectivity index (χ3v) is 7.77. The van der Waals surface area contributed by atoms with Crippen LogP contribution in [-0.2, 0) is 11.3 Å². The van der Waals surface area contributed by atoms with Crippen molar-refractivity contribution in [3.05, 3.63) is 22.4 Å². The molecule has 4 rings (SSSR count). The van der Waals surface area contributed by atoms with Gasteiger partial charge in [-0.25, -0.2) is 4.68 Å². The molecule has 5 atom stereocenters. The number of hydrogen-bond donors (Lipinski definition) is 1. The van der Waals surface area contributed by atoms with Crippen molar-refractivity contribution in [1.82, 2.24) is 25.5 Å². The van der Waals surface area contributed by atoms with Gasteiger partial charge in [0.15, 0.2) is 0 Å². The van der Waals surface area contributed by atoms with Crippen LogP contribution >= 0.6 is 23.1 Å². The van der Waals surface area contributed by atoms with Gasteiger partial charge >= 0.3 is 0 Å². The minimum atomic E-state index is -0.218. The Bertz CT molecular complexity index is 747. The Balaban J connectivity index is 1.32. The van der Waals surface area contributed by atoms with Crippen LogP contribution in [0.1, 0.15) is 44.4 Å². The van der Waals surface area contributed by atoms with Crippen LogP contribution in [0.15, 0.2) is 22.7 Å². The predicted molar refractivity (Wildman–Crippen MR) is 103 cm³/mol. The van der Waals surface area contributed by atoms with E-state index < -0.39 is 0 Å². The number of carbonyl (C=O) groups is 1.